The van der Waals surface area contributed by atoms with Gasteiger partial charge in [-0.1, -0.05) is 6.07 Å². The fraction of sp³-hybridized carbons (Fsp3) is 0.200. The predicted molar refractivity (Wildman–Crippen MR) is 63.6 cm³/mol. The van der Waals surface area contributed by atoms with Crippen LogP contribution >= 0.6 is 0 Å². The molecule has 0 aliphatic carbocycles. The molecule has 0 bridgehead atoms. The maximum atomic E-state index is 11.5. The van der Waals surface area contributed by atoms with E-state index >= 15 is 0 Å². The van der Waals surface area contributed by atoms with E-state index in [2.05, 4.69) is 30.5 Å². The minimum atomic E-state index is -4.63. The van der Waals surface area contributed by atoms with Gasteiger partial charge < -0.3 is 0 Å². The number of carbonyl (C=O) groups excluding carboxylic acids is 2. The van der Waals surface area contributed by atoms with E-state index in [-0.39, 0.29) is 11.1 Å². The average molecular weight is 326 g/mol. The monoisotopic (exact) mass is 326 g/mol. The molecular formula is C10H6N4O7S. The SMILES string of the molecule is O=C1ON=NC1c1ccc(S(=O)(=O)O)c(C2N=NOC2=O)c1. The molecule has 2 aliphatic heterocycles. The Morgan fingerprint density at radius 1 is 1.00 bits per heavy atom. The largest absolute Gasteiger partial charge is 0.367 e. The highest BCUT2D eigenvalue weighted by molar-refractivity contribution is 7.85. The van der Waals surface area contributed by atoms with Crippen LogP contribution in [0, 0.1) is 0 Å². The van der Waals surface area contributed by atoms with Gasteiger partial charge in [-0.05, 0) is 17.7 Å². The number of nitrogens with zero attached hydrogens (tertiary/aromatic N) is 4. The molecule has 3 rings (SSSR count). The van der Waals surface area contributed by atoms with Crippen molar-refractivity contribution in [1.82, 2.24) is 0 Å². The second-order valence-corrected chi connectivity index (χ2v) is 5.68. The maximum absolute atomic E-state index is 11.5. The van der Waals surface area contributed by atoms with Crippen molar-refractivity contribution in [2.24, 2.45) is 20.8 Å². The van der Waals surface area contributed by atoms with E-state index in [1.165, 1.54) is 12.1 Å². The molecule has 0 aromatic heterocycles. The van der Waals surface area contributed by atoms with Crippen LogP contribution in [0.1, 0.15) is 23.2 Å². The second-order valence-electron chi connectivity index (χ2n) is 4.29. The summed E-state index contributed by atoms with van der Waals surface area (Å²) >= 11 is 0. The van der Waals surface area contributed by atoms with Crippen LogP contribution in [-0.2, 0) is 29.4 Å². The van der Waals surface area contributed by atoms with Crippen molar-refractivity contribution in [3.8, 4) is 0 Å². The third kappa shape index (κ3) is 2.33. The van der Waals surface area contributed by atoms with Gasteiger partial charge in [0.15, 0.2) is 6.04 Å². The summed E-state index contributed by atoms with van der Waals surface area (Å²) < 4.78 is 32.1. The van der Waals surface area contributed by atoms with Crippen molar-refractivity contribution in [3.63, 3.8) is 0 Å². The van der Waals surface area contributed by atoms with Crippen molar-refractivity contribution < 1.29 is 32.2 Å². The van der Waals surface area contributed by atoms with E-state index in [4.69, 9.17) is 0 Å². The number of benzene rings is 1. The summed E-state index contributed by atoms with van der Waals surface area (Å²) in [6.45, 7) is 0. The first-order valence-corrected chi connectivity index (χ1v) is 7.15. The Hall–Kier alpha value is -2.73. The summed E-state index contributed by atoms with van der Waals surface area (Å²) in [5.41, 5.74) is 0.0182. The summed E-state index contributed by atoms with van der Waals surface area (Å²) in [5, 5.41) is 13.2. The first-order chi connectivity index (χ1) is 10.4. The molecule has 2 atom stereocenters. The lowest BCUT2D eigenvalue weighted by Gasteiger charge is -2.11. The van der Waals surface area contributed by atoms with Crippen LogP contribution in [0.15, 0.2) is 43.9 Å². The number of hydrogen-bond donors (Lipinski definition) is 1. The molecule has 114 valence electrons. The molecule has 1 aromatic rings. The van der Waals surface area contributed by atoms with Crippen LogP contribution < -0.4 is 0 Å². The molecule has 12 heteroatoms. The summed E-state index contributed by atoms with van der Waals surface area (Å²) in [7, 11) is -4.63. The topological polar surface area (TPSA) is 156 Å². The van der Waals surface area contributed by atoms with E-state index in [9.17, 15) is 22.6 Å². The van der Waals surface area contributed by atoms with Crippen molar-refractivity contribution in [2.75, 3.05) is 0 Å². The quantitative estimate of drug-likeness (QED) is 0.807. The Balaban J connectivity index is 2.14. The van der Waals surface area contributed by atoms with E-state index in [1.807, 2.05) is 0 Å². The first kappa shape index (κ1) is 14.2. The van der Waals surface area contributed by atoms with Gasteiger partial charge in [0.2, 0.25) is 6.04 Å². The van der Waals surface area contributed by atoms with Crippen LogP contribution in [0.2, 0.25) is 0 Å². The van der Waals surface area contributed by atoms with Crippen LogP contribution in [-0.4, -0.2) is 24.9 Å². The lowest BCUT2D eigenvalue weighted by atomic mass is 10.0. The van der Waals surface area contributed by atoms with E-state index < -0.39 is 39.0 Å². The third-order valence-electron chi connectivity index (χ3n) is 2.96. The van der Waals surface area contributed by atoms with Gasteiger partial charge in [0, 0.05) is 16.1 Å². The Labute approximate surface area is 122 Å². The molecule has 0 fully saturated rings. The number of hydrogen-bond acceptors (Lipinski definition) is 10. The molecule has 0 radical (unpaired) electrons. The van der Waals surface area contributed by atoms with E-state index in [1.54, 1.807) is 0 Å². The van der Waals surface area contributed by atoms with Crippen LogP contribution in [0.3, 0.4) is 0 Å². The zero-order valence-corrected chi connectivity index (χ0v) is 11.3. The fourth-order valence-electron chi connectivity index (χ4n) is 1.99. The van der Waals surface area contributed by atoms with Gasteiger partial charge >= 0.3 is 11.9 Å². The highest BCUT2D eigenvalue weighted by Crippen LogP contribution is 2.34. The molecule has 0 amide bonds. The number of rotatable bonds is 3. The maximum Gasteiger partial charge on any atom is 0.367 e. The van der Waals surface area contributed by atoms with Gasteiger partial charge in [-0.15, -0.1) is 10.2 Å². The molecule has 1 aromatic carbocycles. The summed E-state index contributed by atoms with van der Waals surface area (Å²) in [5.74, 6) is -1.68. The van der Waals surface area contributed by atoms with Gasteiger partial charge in [-0.2, -0.15) is 8.42 Å². The molecular weight excluding hydrogens is 320 g/mol. The van der Waals surface area contributed by atoms with Gasteiger partial charge in [0.25, 0.3) is 10.1 Å². The highest BCUT2D eigenvalue weighted by atomic mass is 32.2. The normalized spacial score (nSPS) is 23.7. The Bertz CT molecular complexity index is 832. The van der Waals surface area contributed by atoms with Gasteiger partial charge in [-0.3, -0.25) is 14.2 Å². The minimum Gasteiger partial charge on any atom is -0.297 e. The summed E-state index contributed by atoms with van der Waals surface area (Å²) in [6.07, 6.45) is 0. The second kappa shape index (κ2) is 4.92. The molecule has 22 heavy (non-hydrogen) atoms. The van der Waals surface area contributed by atoms with Crippen molar-refractivity contribution in [2.45, 2.75) is 17.0 Å². The molecule has 2 aliphatic rings. The minimum absolute atomic E-state index is 0.193. The van der Waals surface area contributed by atoms with Crippen LogP contribution in [0.4, 0.5) is 0 Å². The lowest BCUT2D eigenvalue weighted by Crippen LogP contribution is -2.14. The molecule has 1 N–H and O–H groups in total. The molecule has 2 unspecified atom stereocenters. The van der Waals surface area contributed by atoms with Gasteiger partial charge in [0.1, 0.15) is 0 Å². The Morgan fingerprint density at radius 2 is 1.59 bits per heavy atom. The zero-order chi connectivity index (χ0) is 15.9. The van der Waals surface area contributed by atoms with Crippen molar-refractivity contribution in [1.29, 1.82) is 0 Å². The molecule has 0 saturated heterocycles. The average Bonchev–Trinajstić information content (AvgIpc) is 3.05. The van der Waals surface area contributed by atoms with Gasteiger partial charge in [0.05, 0.1) is 4.90 Å². The van der Waals surface area contributed by atoms with Crippen molar-refractivity contribution >= 4 is 22.1 Å². The molecule has 0 spiro atoms. The zero-order valence-electron chi connectivity index (χ0n) is 10.5. The van der Waals surface area contributed by atoms with E-state index in [0.717, 1.165) is 6.07 Å². The first-order valence-electron chi connectivity index (χ1n) is 5.71. The van der Waals surface area contributed by atoms with E-state index in [0.29, 0.717) is 0 Å². The Kier molecular flexibility index (Phi) is 3.18. The standard InChI is InChI=1S/C10H6N4O7S/c15-9-7(11-13-20-9)4-1-2-6(22(17,18)19)5(3-4)8-10(16)21-14-12-8/h1-3,7-8H,(H,17,18,19). The smallest absolute Gasteiger partial charge is 0.297 e. The molecule has 2 heterocycles. The van der Waals surface area contributed by atoms with Crippen molar-refractivity contribution in [3.05, 3.63) is 29.3 Å². The number of carbonyl (C=O) groups is 2. The molecule has 11 nitrogen and oxygen atoms in total. The fourth-order valence-corrected chi connectivity index (χ4v) is 2.70. The van der Waals surface area contributed by atoms with Crippen LogP contribution in [0.5, 0.6) is 0 Å². The third-order valence-corrected chi connectivity index (χ3v) is 3.88. The Morgan fingerprint density at radius 3 is 2.09 bits per heavy atom. The summed E-state index contributed by atoms with van der Waals surface area (Å²) in [4.78, 5) is 31.0. The van der Waals surface area contributed by atoms with Gasteiger partial charge in [-0.25, -0.2) is 9.59 Å². The predicted octanol–water partition coefficient (Wildman–Crippen LogP) is 0.864. The molecule has 0 saturated carbocycles. The lowest BCUT2D eigenvalue weighted by molar-refractivity contribution is -0.142. The van der Waals surface area contributed by atoms with Crippen LogP contribution in [0.25, 0.3) is 0 Å². The summed E-state index contributed by atoms with van der Waals surface area (Å²) in [6, 6.07) is 0.966. The highest BCUT2D eigenvalue weighted by Gasteiger charge is 2.35.